The molecule has 0 saturated carbocycles. The highest BCUT2D eigenvalue weighted by Gasteiger charge is 2.32. The molecule has 0 aliphatic carbocycles. The Bertz CT molecular complexity index is 665. The van der Waals surface area contributed by atoms with E-state index in [1.165, 1.54) is 16.0 Å². The van der Waals surface area contributed by atoms with E-state index in [1.807, 2.05) is 12.4 Å². The molecule has 5 heteroatoms. The van der Waals surface area contributed by atoms with E-state index < -0.39 is 0 Å². The molecule has 0 radical (unpaired) electrons. The number of nitrogens with zero attached hydrogens (tertiary/aromatic N) is 2. The van der Waals surface area contributed by atoms with Crippen LogP contribution in [0.4, 0.5) is 0 Å². The van der Waals surface area contributed by atoms with Gasteiger partial charge in [0.05, 0.1) is 22.1 Å². The Morgan fingerprint density at radius 3 is 2.73 bits per heavy atom. The van der Waals surface area contributed by atoms with Gasteiger partial charge in [-0.25, -0.2) is 4.98 Å². The summed E-state index contributed by atoms with van der Waals surface area (Å²) in [6, 6.07) is 8.66. The van der Waals surface area contributed by atoms with E-state index in [2.05, 4.69) is 41.1 Å². The second-order valence-corrected chi connectivity index (χ2v) is 6.72. The molecule has 4 nitrogen and oxygen atoms in total. The molecule has 0 spiro atoms. The zero-order chi connectivity index (χ0) is 15.7. The second-order valence-electron chi connectivity index (χ2n) is 5.86. The van der Waals surface area contributed by atoms with Crippen LogP contribution in [0.1, 0.15) is 37.1 Å². The minimum absolute atomic E-state index is 0.126. The fourth-order valence-corrected chi connectivity index (χ4v) is 4.05. The van der Waals surface area contributed by atoms with Gasteiger partial charge in [-0.1, -0.05) is 24.3 Å². The number of primary amides is 1. The third-order valence-corrected chi connectivity index (χ3v) is 5.50. The van der Waals surface area contributed by atoms with Crippen molar-refractivity contribution in [1.82, 2.24) is 9.88 Å². The molecule has 1 aromatic heterocycles. The first kappa shape index (κ1) is 15.2. The molecule has 3 rings (SSSR count). The zero-order valence-corrected chi connectivity index (χ0v) is 13.8. The Morgan fingerprint density at radius 1 is 1.41 bits per heavy atom. The molecule has 1 fully saturated rings. The Labute approximate surface area is 135 Å². The summed E-state index contributed by atoms with van der Waals surface area (Å²) in [4.78, 5) is 19.3. The molecule has 2 unspecified atom stereocenters. The van der Waals surface area contributed by atoms with Gasteiger partial charge in [0.1, 0.15) is 0 Å². The molecular formula is C17H21N3OS. The summed E-state index contributed by atoms with van der Waals surface area (Å²) in [6.07, 6.45) is 1.91. The number of aromatic nitrogens is 1. The van der Waals surface area contributed by atoms with Crippen LogP contribution >= 0.6 is 11.3 Å². The summed E-state index contributed by atoms with van der Waals surface area (Å²) in [5.41, 5.74) is 10.9. The number of aryl methyl sites for hydroxylation is 1. The van der Waals surface area contributed by atoms with E-state index in [9.17, 15) is 4.79 Å². The average Bonchev–Trinajstić information content (AvgIpc) is 3.15. The molecule has 1 aromatic carbocycles. The van der Waals surface area contributed by atoms with E-state index >= 15 is 0 Å². The van der Waals surface area contributed by atoms with Crippen molar-refractivity contribution < 1.29 is 4.79 Å². The fraction of sp³-hybridized carbons (Fsp3) is 0.412. The Balaban J connectivity index is 1.81. The molecule has 1 aliphatic heterocycles. The van der Waals surface area contributed by atoms with Crippen molar-refractivity contribution in [2.45, 2.75) is 38.8 Å². The van der Waals surface area contributed by atoms with Gasteiger partial charge in [0, 0.05) is 6.04 Å². The molecule has 116 valence electrons. The van der Waals surface area contributed by atoms with Crippen molar-refractivity contribution in [3.8, 4) is 10.4 Å². The molecule has 22 heavy (non-hydrogen) atoms. The maximum Gasteiger partial charge on any atom is 0.234 e. The van der Waals surface area contributed by atoms with Crippen LogP contribution in [0.25, 0.3) is 10.4 Å². The lowest BCUT2D eigenvalue weighted by Gasteiger charge is -2.29. The van der Waals surface area contributed by atoms with Gasteiger partial charge in [-0.15, -0.1) is 11.3 Å². The highest BCUT2D eigenvalue weighted by Crippen LogP contribution is 2.32. The van der Waals surface area contributed by atoms with Crippen LogP contribution < -0.4 is 5.73 Å². The van der Waals surface area contributed by atoms with Crippen LogP contribution in [0.2, 0.25) is 0 Å². The van der Waals surface area contributed by atoms with Crippen LogP contribution in [-0.4, -0.2) is 28.4 Å². The van der Waals surface area contributed by atoms with Gasteiger partial charge in [0.2, 0.25) is 5.91 Å². The number of carbonyl (C=O) groups excluding carboxylic acids is 1. The van der Waals surface area contributed by atoms with E-state index in [0.717, 1.165) is 25.1 Å². The first-order chi connectivity index (χ1) is 10.6. The first-order valence-corrected chi connectivity index (χ1v) is 8.51. The number of benzene rings is 1. The summed E-state index contributed by atoms with van der Waals surface area (Å²) < 4.78 is 0. The van der Waals surface area contributed by atoms with Gasteiger partial charge < -0.3 is 5.73 Å². The van der Waals surface area contributed by atoms with E-state index in [4.69, 9.17) is 5.73 Å². The summed E-state index contributed by atoms with van der Waals surface area (Å²) in [5, 5.41) is 0. The predicted molar refractivity (Wildman–Crippen MR) is 89.6 cm³/mol. The molecule has 2 heterocycles. The van der Waals surface area contributed by atoms with Crippen molar-refractivity contribution in [1.29, 1.82) is 0 Å². The van der Waals surface area contributed by atoms with Crippen LogP contribution in [0, 0.1) is 6.92 Å². The van der Waals surface area contributed by atoms with Gasteiger partial charge in [-0.2, -0.15) is 0 Å². The predicted octanol–water partition coefficient (Wildman–Crippen LogP) is 3.13. The lowest BCUT2D eigenvalue weighted by Crippen LogP contribution is -2.41. The van der Waals surface area contributed by atoms with Crippen molar-refractivity contribution in [3.05, 3.63) is 41.0 Å². The summed E-state index contributed by atoms with van der Waals surface area (Å²) in [7, 11) is 0. The standard InChI is InChI=1S/C17H21N3OS/c1-11-16(22-10-19-11)14-7-5-13(6-8-14)12(2)20-9-3-4-15(20)17(18)21/h5-8,10,12,15H,3-4,9H2,1-2H3,(H2,18,21). The molecule has 0 bridgehead atoms. The Kier molecular flexibility index (Phi) is 4.27. The van der Waals surface area contributed by atoms with Crippen LogP contribution in [0.15, 0.2) is 29.8 Å². The van der Waals surface area contributed by atoms with E-state index in [0.29, 0.717) is 0 Å². The maximum absolute atomic E-state index is 11.6. The first-order valence-electron chi connectivity index (χ1n) is 7.63. The number of rotatable bonds is 4. The monoisotopic (exact) mass is 315 g/mol. The SMILES string of the molecule is Cc1ncsc1-c1ccc(C(C)N2CCCC2C(N)=O)cc1. The Hall–Kier alpha value is -1.72. The largest absolute Gasteiger partial charge is 0.368 e. The van der Waals surface area contributed by atoms with Gasteiger partial charge >= 0.3 is 0 Å². The number of carbonyl (C=O) groups is 1. The van der Waals surface area contributed by atoms with Crippen molar-refractivity contribution >= 4 is 17.2 Å². The lowest BCUT2D eigenvalue weighted by atomic mass is 10.0. The van der Waals surface area contributed by atoms with Gasteiger partial charge in [-0.3, -0.25) is 9.69 Å². The third-order valence-electron chi connectivity index (χ3n) is 4.52. The maximum atomic E-state index is 11.6. The van der Waals surface area contributed by atoms with Gasteiger partial charge in [-0.05, 0) is 44.4 Å². The number of amides is 1. The number of hydrogen-bond donors (Lipinski definition) is 1. The smallest absolute Gasteiger partial charge is 0.234 e. The zero-order valence-electron chi connectivity index (χ0n) is 13.0. The quantitative estimate of drug-likeness (QED) is 0.943. The van der Waals surface area contributed by atoms with Gasteiger partial charge in [0.15, 0.2) is 0 Å². The lowest BCUT2D eigenvalue weighted by molar-refractivity contribution is -0.122. The molecule has 1 amide bonds. The van der Waals surface area contributed by atoms with Crippen molar-refractivity contribution in [3.63, 3.8) is 0 Å². The Morgan fingerprint density at radius 2 is 2.14 bits per heavy atom. The normalized spacial score (nSPS) is 20.2. The molecule has 2 aromatic rings. The minimum atomic E-state index is -0.207. The van der Waals surface area contributed by atoms with E-state index in [-0.39, 0.29) is 18.0 Å². The average molecular weight is 315 g/mol. The highest BCUT2D eigenvalue weighted by atomic mass is 32.1. The number of nitrogens with two attached hydrogens (primary N) is 1. The highest BCUT2D eigenvalue weighted by molar-refractivity contribution is 7.13. The summed E-state index contributed by atoms with van der Waals surface area (Å²) in [6.45, 7) is 5.11. The summed E-state index contributed by atoms with van der Waals surface area (Å²) >= 11 is 1.66. The van der Waals surface area contributed by atoms with Crippen molar-refractivity contribution in [2.75, 3.05) is 6.54 Å². The molecule has 2 atom stereocenters. The molecule has 1 aliphatic rings. The molecule has 1 saturated heterocycles. The van der Waals surface area contributed by atoms with Gasteiger partial charge in [0.25, 0.3) is 0 Å². The number of thiazole rings is 1. The van der Waals surface area contributed by atoms with E-state index in [1.54, 1.807) is 11.3 Å². The fourth-order valence-electron chi connectivity index (χ4n) is 3.24. The summed E-state index contributed by atoms with van der Waals surface area (Å²) in [5.74, 6) is -0.207. The van der Waals surface area contributed by atoms with Crippen LogP contribution in [0.5, 0.6) is 0 Å². The third kappa shape index (κ3) is 2.78. The second kappa shape index (κ2) is 6.18. The van der Waals surface area contributed by atoms with Crippen LogP contribution in [-0.2, 0) is 4.79 Å². The minimum Gasteiger partial charge on any atom is -0.368 e. The van der Waals surface area contributed by atoms with Crippen molar-refractivity contribution in [2.24, 2.45) is 5.73 Å². The molecular weight excluding hydrogens is 294 g/mol. The molecule has 2 N–H and O–H groups in total. The van der Waals surface area contributed by atoms with Crippen LogP contribution in [0.3, 0.4) is 0 Å². The topological polar surface area (TPSA) is 59.2 Å². The number of likely N-dealkylation sites (tertiary alicyclic amines) is 1. The number of hydrogen-bond acceptors (Lipinski definition) is 4.